The van der Waals surface area contributed by atoms with E-state index in [9.17, 15) is 5.73 Å². The molecule has 1 aromatic carbocycles. The van der Waals surface area contributed by atoms with Gasteiger partial charge in [-0.25, -0.2) is 0 Å². The van der Waals surface area contributed by atoms with Crippen molar-refractivity contribution in [3.63, 3.8) is 0 Å². The van der Waals surface area contributed by atoms with E-state index in [0.29, 0.717) is 5.69 Å². The van der Waals surface area contributed by atoms with Crippen molar-refractivity contribution in [2.24, 2.45) is 0 Å². The summed E-state index contributed by atoms with van der Waals surface area (Å²) in [6.45, 7) is 6.25. The first-order valence-electron chi connectivity index (χ1n) is 4.51. The average molecular weight is 161 g/mol. The molecule has 1 aromatic rings. The lowest BCUT2D eigenvalue weighted by molar-refractivity contribution is 1.02. The largest absolute Gasteiger partial charge is 0.150 e. The number of rotatable bonds is 2. The monoisotopic (exact) mass is 161 g/mol. The van der Waals surface area contributed by atoms with Gasteiger partial charge in [-0.15, -0.1) is 0 Å². The molecule has 1 nitrogen and oxygen atoms in total. The lowest BCUT2D eigenvalue weighted by Crippen LogP contribution is -1.95. The minimum absolute atomic E-state index is 0.420. The molecule has 0 aromatic heterocycles. The lowest BCUT2D eigenvalue weighted by Gasteiger charge is -2.09. The fourth-order valence-electron chi connectivity index (χ4n) is 1.62. The lowest BCUT2D eigenvalue weighted by atomic mass is 9.97. The van der Waals surface area contributed by atoms with Gasteiger partial charge in [0.25, 0.3) is 0 Å². The van der Waals surface area contributed by atoms with Gasteiger partial charge in [0.15, 0.2) is 0 Å². The Hall–Kier alpha value is -0.980. The Balaban J connectivity index is 3.25. The molecule has 0 aliphatic carbocycles. The van der Waals surface area contributed by atoms with Gasteiger partial charge >= 0.3 is 0 Å². The van der Waals surface area contributed by atoms with Gasteiger partial charge in [0.2, 0.25) is 0 Å². The molecular formula is C11H15N. The molecule has 0 saturated heterocycles. The average Bonchev–Trinajstić information content (AvgIpc) is 2.09. The second kappa shape index (κ2) is 3.61. The summed E-state index contributed by atoms with van der Waals surface area (Å²) in [6.07, 6.45) is 2.05. The van der Waals surface area contributed by atoms with Crippen LogP contribution in [0.3, 0.4) is 0 Å². The van der Waals surface area contributed by atoms with Crippen LogP contribution < -0.4 is 5.73 Å². The van der Waals surface area contributed by atoms with Crippen molar-refractivity contribution in [3.05, 3.63) is 28.8 Å². The van der Waals surface area contributed by atoms with E-state index in [4.69, 9.17) is 0 Å². The third kappa shape index (κ3) is 1.45. The molecule has 0 atom stereocenters. The number of nitrogens with zero attached hydrogens (tertiary/aromatic N) is 1. The van der Waals surface area contributed by atoms with Gasteiger partial charge in [-0.1, -0.05) is 19.9 Å². The van der Waals surface area contributed by atoms with Crippen LogP contribution in [0.15, 0.2) is 12.1 Å². The first kappa shape index (κ1) is 9.11. The molecule has 0 amide bonds. The van der Waals surface area contributed by atoms with Crippen LogP contribution in [0.4, 0.5) is 5.69 Å². The maximum absolute atomic E-state index is 9.45. The summed E-state index contributed by atoms with van der Waals surface area (Å²) in [7, 11) is 0. The summed E-state index contributed by atoms with van der Waals surface area (Å²) >= 11 is 0. The van der Waals surface area contributed by atoms with Crippen molar-refractivity contribution in [1.82, 2.24) is 5.73 Å². The van der Waals surface area contributed by atoms with Crippen molar-refractivity contribution >= 4 is 5.69 Å². The Morgan fingerprint density at radius 1 is 1.17 bits per heavy atom. The van der Waals surface area contributed by atoms with E-state index in [2.05, 4.69) is 13.8 Å². The minimum Gasteiger partial charge on any atom is -0.150 e. The van der Waals surface area contributed by atoms with E-state index in [-0.39, 0.29) is 0 Å². The molecule has 1 rings (SSSR count). The van der Waals surface area contributed by atoms with Crippen LogP contribution in [0, 0.1) is 6.92 Å². The zero-order chi connectivity index (χ0) is 9.14. The maximum atomic E-state index is 9.45. The smallest absolute Gasteiger partial charge is 0.0889 e. The van der Waals surface area contributed by atoms with Crippen LogP contribution in [0.2, 0.25) is 0 Å². The number of aryl methyl sites for hydroxylation is 1. The molecule has 0 bridgehead atoms. The van der Waals surface area contributed by atoms with Crippen molar-refractivity contribution in [1.29, 1.82) is 0 Å². The van der Waals surface area contributed by atoms with Gasteiger partial charge in [-0.2, -0.15) is 5.73 Å². The summed E-state index contributed by atoms with van der Waals surface area (Å²) in [4.78, 5) is 0. The summed E-state index contributed by atoms with van der Waals surface area (Å²) in [5.41, 5.74) is 13.6. The summed E-state index contributed by atoms with van der Waals surface area (Å²) < 4.78 is 0. The molecule has 1 heteroatoms. The molecular weight excluding hydrogens is 146 g/mol. The topological polar surface area (TPSA) is 22.3 Å². The maximum Gasteiger partial charge on any atom is 0.0889 e. The standard InChI is InChI=1S/C11H15N/c1-4-9-6-7-11(12)8(3)10(9)5-2/h6-7H,4-5H2,1-3H3. The third-order valence-corrected chi connectivity index (χ3v) is 2.40. The van der Waals surface area contributed by atoms with Gasteiger partial charge in [-0.3, -0.25) is 0 Å². The van der Waals surface area contributed by atoms with Crippen molar-refractivity contribution in [3.8, 4) is 0 Å². The van der Waals surface area contributed by atoms with Gasteiger partial charge in [0.05, 0.1) is 5.69 Å². The van der Waals surface area contributed by atoms with Crippen molar-refractivity contribution in [2.45, 2.75) is 33.6 Å². The zero-order valence-corrected chi connectivity index (χ0v) is 8.02. The Morgan fingerprint density at radius 2 is 1.83 bits per heavy atom. The second-order valence-corrected chi connectivity index (χ2v) is 3.05. The van der Waals surface area contributed by atoms with Crippen molar-refractivity contribution < 1.29 is 0 Å². The first-order chi connectivity index (χ1) is 5.70. The molecule has 0 fully saturated rings. The molecule has 0 heterocycles. The molecule has 0 N–H and O–H groups in total. The highest BCUT2D eigenvalue weighted by Gasteiger charge is 2.05. The van der Waals surface area contributed by atoms with E-state index in [1.807, 2.05) is 13.0 Å². The Morgan fingerprint density at radius 3 is 2.33 bits per heavy atom. The highest BCUT2D eigenvalue weighted by molar-refractivity contribution is 5.50. The predicted octanol–water partition coefficient (Wildman–Crippen LogP) is 2.82. The Labute approximate surface area is 74.6 Å². The molecule has 0 aliphatic heterocycles. The highest BCUT2D eigenvalue weighted by Crippen LogP contribution is 2.22. The fraction of sp³-hybridized carbons (Fsp3) is 0.455. The summed E-state index contributed by atoms with van der Waals surface area (Å²) in [5.74, 6) is 0. The SMILES string of the molecule is CCc1ccc([N])c(C)c1CC. The normalized spacial score (nSPS) is 10.2. The van der Waals surface area contributed by atoms with Gasteiger partial charge in [-0.05, 0) is 42.5 Å². The van der Waals surface area contributed by atoms with Crippen LogP contribution in [-0.4, -0.2) is 0 Å². The van der Waals surface area contributed by atoms with E-state index < -0.39 is 0 Å². The van der Waals surface area contributed by atoms with Crippen LogP contribution >= 0.6 is 0 Å². The molecule has 64 valence electrons. The fourth-order valence-corrected chi connectivity index (χ4v) is 1.62. The minimum atomic E-state index is 0.420. The van der Waals surface area contributed by atoms with E-state index in [0.717, 1.165) is 18.4 Å². The number of hydrogen-bond acceptors (Lipinski definition) is 0. The van der Waals surface area contributed by atoms with Gasteiger partial charge in [0.1, 0.15) is 0 Å². The van der Waals surface area contributed by atoms with Crippen LogP contribution in [-0.2, 0) is 12.8 Å². The summed E-state index contributed by atoms with van der Waals surface area (Å²) in [6, 6.07) is 3.80. The van der Waals surface area contributed by atoms with E-state index in [1.54, 1.807) is 6.07 Å². The molecule has 0 unspecified atom stereocenters. The highest BCUT2D eigenvalue weighted by atomic mass is 14.6. The molecule has 12 heavy (non-hydrogen) atoms. The molecule has 0 saturated carbocycles. The second-order valence-electron chi connectivity index (χ2n) is 3.05. The van der Waals surface area contributed by atoms with Gasteiger partial charge < -0.3 is 0 Å². The summed E-state index contributed by atoms with van der Waals surface area (Å²) in [5, 5.41) is 0. The predicted molar refractivity (Wildman–Crippen MR) is 51.7 cm³/mol. The molecule has 0 spiro atoms. The molecule has 0 aliphatic rings. The number of hydrogen-bond donors (Lipinski definition) is 0. The molecule has 2 radical (unpaired) electrons. The van der Waals surface area contributed by atoms with E-state index >= 15 is 0 Å². The Bertz CT molecular complexity index is 277. The quantitative estimate of drug-likeness (QED) is 0.636. The number of benzene rings is 1. The Kier molecular flexibility index (Phi) is 2.74. The van der Waals surface area contributed by atoms with Crippen LogP contribution in [0.25, 0.3) is 0 Å². The third-order valence-electron chi connectivity index (χ3n) is 2.40. The van der Waals surface area contributed by atoms with Crippen LogP contribution in [0.1, 0.15) is 30.5 Å². The van der Waals surface area contributed by atoms with E-state index in [1.165, 1.54) is 11.1 Å². The first-order valence-corrected chi connectivity index (χ1v) is 4.51. The van der Waals surface area contributed by atoms with Crippen LogP contribution in [0.5, 0.6) is 0 Å². The van der Waals surface area contributed by atoms with Crippen molar-refractivity contribution in [2.75, 3.05) is 0 Å². The zero-order valence-electron chi connectivity index (χ0n) is 8.02. The van der Waals surface area contributed by atoms with Gasteiger partial charge in [0, 0.05) is 0 Å².